The fourth-order valence-electron chi connectivity index (χ4n) is 7.08. The molecule has 0 spiro atoms. The van der Waals surface area contributed by atoms with Crippen LogP contribution in [-0.2, 0) is 0 Å². The third-order valence-corrected chi connectivity index (χ3v) is 9.02. The van der Waals surface area contributed by atoms with Gasteiger partial charge in [-0.15, -0.1) is 0 Å². The third-order valence-electron chi connectivity index (χ3n) is 9.02. The second kappa shape index (κ2) is 7.71. The van der Waals surface area contributed by atoms with Crippen molar-refractivity contribution in [2.24, 2.45) is 0 Å². The van der Waals surface area contributed by atoms with Crippen LogP contribution in [0, 0.1) is 6.92 Å². The van der Waals surface area contributed by atoms with Crippen LogP contribution in [0.2, 0.25) is 0 Å². The van der Waals surface area contributed by atoms with E-state index in [2.05, 4.69) is 122 Å². The molecule has 0 aliphatic rings. The van der Waals surface area contributed by atoms with Crippen molar-refractivity contribution in [3.63, 3.8) is 0 Å². The van der Waals surface area contributed by atoms with E-state index in [4.69, 9.17) is 5.73 Å². The average Bonchev–Trinajstić information content (AvgIpc) is 3.00. The summed E-state index contributed by atoms with van der Waals surface area (Å²) in [5.41, 5.74) is 13.6. The number of hydrogen-bond donors (Lipinski definition) is 1. The van der Waals surface area contributed by atoms with E-state index in [9.17, 15) is 0 Å². The second-order valence-electron chi connectivity index (χ2n) is 11.2. The lowest BCUT2D eigenvalue weighted by molar-refractivity contribution is 1.47. The summed E-state index contributed by atoms with van der Waals surface area (Å²) in [6, 6.07) is 44.9. The van der Waals surface area contributed by atoms with Gasteiger partial charge in [0, 0.05) is 11.1 Å². The molecule has 0 heterocycles. The summed E-state index contributed by atoms with van der Waals surface area (Å²) in [5.74, 6) is 0. The molecule has 0 fully saturated rings. The molecule has 186 valence electrons. The van der Waals surface area contributed by atoms with Gasteiger partial charge in [-0.1, -0.05) is 121 Å². The van der Waals surface area contributed by atoms with Gasteiger partial charge in [-0.05, 0) is 94.5 Å². The predicted molar refractivity (Wildman–Crippen MR) is 174 cm³/mol. The summed E-state index contributed by atoms with van der Waals surface area (Å²) >= 11 is 0. The fraction of sp³-hybridized carbons (Fsp3) is 0.0256. The number of hydrogen-bond acceptors (Lipinski definition) is 1. The van der Waals surface area contributed by atoms with Crippen LogP contribution < -0.4 is 5.73 Å². The van der Waals surface area contributed by atoms with Crippen LogP contribution in [0.25, 0.3) is 86.9 Å². The number of anilines is 1. The van der Waals surface area contributed by atoms with E-state index < -0.39 is 0 Å². The first-order valence-corrected chi connectivity index (χ1v) is 13.9. The first-order valence-electron chi connectivity index (χ1n) is 13.9. The van der Waals surface area contributed by atoms with Crippen molar-refractivity contribution in [2.75, 3.05) is 5.73 Å². The molecule has 0 amide bonds. The van der Waals surface area contributed by atoms with Crippen LogP contribution in [0.3, 0.4) is 0 Å². The maximum atomic E-state index is 6.43. The third kappa shape index (κ3) is 2.81. The summed E-state index contributed by atoms with van der Waals surface area (Å²) in [6.45, 7) is 2.14. The zero-order valence-electron chi connectivity index (χ0n) is 22.1. The Morgan fingerprint density at radius 1 is 0.350 bits per heavy atom. The van der Waals surface area contributed by atoms with Crippen molar-refractivity contribution in [3.8, 4) is 22.3 Å². The Hall–Kier alpha value is -5.14. The molecule has 0 unspecified atom stereocenters. The quantitative estimate of drug-likeness (QED) is 0.183. The highest BCUT2D eigenvalue weighted by Gasteiger charge is 2.18. The van der Waals surface area contributed by atoms with Crippen molar-refractivity contribution in [1.82, 2.24) is 0 Å². The number of benzene rings is 9. The van der Waals surface area contributed by atoms with Gasteiger partial charge in [0.25, 0.3) is 0 Å². The zero-order valence-corrected chi connectivity index (χ0v) is 22.1. The number of nitrogens with two attached hydrogens (primary N) is 1. The fourth-order valence-corrected chi connectivity index (χ4v) is 7.08. The summed E-state index contributed by atoms with van der Waals surface area (Å²) in [4.78, 5) is 0. The molecule has 9 aromatic carbocycles. The molecular weight excluding hydrogens is 482 g/mol. The molecule has 40 heavy (non-hydrogen) atoms. The minimum atomic E-state index is 0.833. The van der Waals surface area contributed by atoms with Crippen LogP contribution in [0.15, 0.2) is 121 Å². The Bertz CT molecular complexity index is 2430. The van der Waals surface area contributed by atoms with E-state index in [1.807, 2.05) is 6.07 Å². The minimum absolute atomic E-state index is 0.833. The molecule has 0 atom stereocenters. The second-order valence-corrected chi connectivity index (χ2v) is 11.2. The Kier molecular flexibility index (Phi) is 4.19. The highest BCUT2D eigenvalue weighted by molar-refractivity contribution is 6.31. The lowest BCUT2D eigenvalue weighted by Gasteiger charge is -2.18. The van der Waals surface area contributed by atoms with Crippen molar-refractivity contribution in [3.05, 3.63) is 127 Å². The molecule has 0 saturated carbocycles. The lowest BCUT2D eigenvalue weighted by atomic mass is 9.85. The average molecular weight is 508 g/mol. The molecule has 0 saturated heterocycles. The van der Waals surface area contributed by atoms with Gasteiger partial charge in [-0.25, -0.2) is 0 Å². The van der Waals surface area contributed by atoms with E-state index in [1.54, 1.807) is 0 Å². The van der Waals surface area contributed by atoms with Gasteiger partial charge >= 0.3 is 0 Å². The molecule has 0 aliphatic carbocycles. The van der Waals surface area contributed by atoms with Crippen molar-refractivity contribution in [2.45, 2.75) is 6.92 Å². The first-order chi connectivity index (χ1) is 19.7. The van der Waals surface area contributed by atoms with Crippen molar-refractivity contribution in [1.29, 1.82) is 0 Å². The van der Waals surface area contributed by atoms with Crippen molar-refractivity contribution >= 4 is 70.3 Å². The molecule has 0 radical (unpaired) electrons. The van der Waals surface area contributed by atoms with E-state index in [0.29, 0.717) is 0 Å². The van der Waals surface area contributed by atoms with Gasteiger partial charge in [0.2, 0.25) is 0 Å². The Balaban J connectivity index is 1.38. The molecular formula is C39H25N. The van der Waals surface area contributed by atoms with E-state index >= 15 is 0 Å². The van der Waals surface area contributed by atoms with Gasteiger partial charge in [0.15, 0.2) is 0 Å². The number of rotatable bonds is 2. The normalized spacial score (nSPS) is 12.2. The molecule has 0 aromatic heterocycles. The largest absolute Gasteiger partial charge is 0.398 e. The summed E-state index contributed by atoms with van der Waals surface area (Å²) in [7, 11) is 0. The molecule has 9 rings (SSSR count). The monoisotopic (exact) mass is 507 g/mol. The first kappa shape index (κ1) is 21.8. The van der Waals surface area contributed by atoms with Crippen LogP contribution in [0.5, 0.6) is 0 Å². The summed E-state index contributed by atoms with van der Waals surface area (Å²) in [5, 5.41) is 15.3. The predicted octanol–water partition coefficient (Wildman–Crippen LogP) is 10.7. The van der Waals surface area contributed by atoms with Gasteiger partial charge in [-0.3, -0.25) is 0 Å². The molecule has 1 nitrogen and oxygen atoms in total. The molecule has 1 heteroatoms. The van der Waals surface area contributed by atoms with Gasteiger partial charge in [0.1, 0.15) is 0 Å². The van der Waals surface area contributed by atoms with Gasteiger partial charge < -0.3 is 5.73 Å². The van der Waals surface area contributed by atoms with Crippen molar-refractivity contribution < 1.29 is 0 Å². The highest BCUT2D eigenvalue weighted by atomic mass is 14.5. The maximum absolute atomic E-state index is 6.43. The molecule has 0 bridgehead atoms. The summed E-state index contributed by atoms with van der Waals surface area (Å²) < 4.78 is 0. The molecule has 0 aliphatic heterocycles. The molecule has 9 aromatic rings. The van der Waals surface area contributed by atoms with E-state index in [-0.39, 0.29) is 0 Å². The highest BCUT2D eigenvalue weighted by Crippen LogP contribution is 2.45. The van der Waals surface area contributed by atoms with Crippen LogP contribution >= 0.6 is 0 Å². The Morgan fingerprint density at radius 3 is 1.25 bits per heavy atom. The van der Waals surface area contributed by atoms with E-state index in [1.165, 1.54) is 87.1 Å². The van der Waals surface area contributed by atoms with Crippen LogP contribution in [0.4, 0.5) is 5.69 Å². The molecule has 2 N–H and O–H groups in total. The maximum Gasteiger partial charge on any atom is 0.0394 e. The van der Waals surface area contributed by atoms with E-state index in [0.717, 1.165) is 11.1 Å². The Morgan fingerprint density at radius 2 is 0.725 bits per heavy atom. The minimum Gasteiger partial charge on any atom is -0.398 e. The van der Waals surface area contributed by atoms with Crippen LogP contribution in [-0.4, -0.2) is 0 Å². The Labute approximate surface area is 231 Å². The lowest BCUT2D eigenvalue weighted by Crippen LogP contribution is -1.92. The van der Waals surface area contributed by atoms with Gasteiger partial charge in [0.05, 0.1) is 0 Å². The zero-order chi connectivity index (χ0) is 26.5. The standard InChI is InChI=1S/C39H25N/c1-22-2-4-23(5-3-22)28-14-6-24-10-18-32-29(15-7-25-9-17-31(28)36(24)37(25)32)30-16-8-26-12-20-34-35(40)21-13-27-11-19-33(30)38(26)39(27)34/h2-21H,40H2,1H3. The number of nitrogen functional groups attached to an aromatic ring is 1. The topological polar surface area (TPSA) is 26.0 Å². The summed E-state index contributed by atoms with van der Waals surface area (Å²) in [6.07, 6.45) is 0. The number of aryl methyl sites for hydroxylation is 1. The van der Waals surface area contributed by atoms with Crippen LogP contribution in [0.1, 0.15) is 5.56 Å². The smallest absolute Gasteiger partial charge is 0.0394 e. The van der Waals surface area contributed by atoms with Gasteiger partial charge in [-0.2, -0.15) is 0 Å². The SMILES string of the molecule is Cc1ccc(-c2ccc3ccc4c(-c5ccc6ccc7c(N)ccc8ccc5c6c87)ccc5ccc2c3c54)cc1.